The van der Waals surface area contributed by atoms with Crippen molar-refractivity contribution in [2.45, 2.75) is 51.9 Å². The second kappa shape index (κ2) is 14.4. The van der Waals surface area contributed by atoms with Gasteiger partial charge in [0, 0.05) is 12.4 Å². The first-order chi connectivity index (χ1) is 9.06. The topological polar surface area (TPSA) is 67.3 Å². The van der Waals surface area contributed by atoms with E-state index in [1.165, 1.54) is 25.7 Å². The van der Waals surface area contributed by atoms with Crippen LogP contribution in [-0.4, -0.2) is 23.7 Å². The number of halogens is 1. The van der Waals surface area contributed by atoms with Crippen molar-refractivity contribution >= 4 is 10.1 Å². The summed E-state index contributed by atoms with van der Waals surface area (Å²) >= 11 is 0. The van der Waals surface area contributed by atoms with Crippen molar-refractivity contribution in [3.63, 3.8) is 0 Å². The Morgan fingerprint density at radius 2 is 1.40 bits per heavy atom. The third-order valence-electron chi connectivity index (χ3n) is 2.57. The quantitative estimate of drug-likeness (QED) is 0.585. The molecular weight excluding hydrogens is 281 g/mol. The summed E-state index contributed by atoms with van der Waals surface area (Å²) in [6.45, 7) is 2.17. The lowest BCUT2D eigenvalue weighted by Crippen LogP contribution is -2.03. The van der Waals surface area contributed by atoms with Gasteiger partial charge in [0.05, 0.1) is 5.75 Å². The van der Waals surface area contributed by atoms with Crippen molar-refractivity contribution in [1.82, 2.24) is 4.98 Å². The lowest BCUT2D eigenvalue weighted by Gasteiger charge is -1.99. The molecule has 0 saturated heterocycles. The van der Waals surface area contributed by atoms with Crippen molar-refractivity contribution in [3.8, 4) is 0 Å². The minimum absolute atomic E-state index is 0. The van der Waals surface area contributed by atoms with E-state index in [9.17, 15) is 8.42 Å². The minimum Gasteiger partial charge on any atom is -0.286 e. The monoisotopic (exact) mass is 307 g/mol. The molecule has 0 aliphatic rings. The molecule has 0 aliphatic heterocycles. The highest BCUT2D eigenvalue weighted by molar-refractivity contribution is 7.85. The van der Waals surface area contributed by atoms with E-state index in [4.69, 9.17) is 4.55 Å². The number of hydrogen-bond donors (Lipinski definition) is 1. The van der Waals surface area contributed by atoms with E-state index in [2.05, 4.69) is 11.9 Å². The highest BCUT2D eigenvalue weighted by Crippen LogP contribution is 2.07. The third-order valence-corrected chi connectivity index (χ3v) is 3.38. The minimum atomic E-state index is -3.72. The van der Waals surface area contributed by atoms with Crippen LogP contribution in [0.5, 0.6) is 0 Å². The molecule has 118 valence electrons. The molecule has 0 aromatic carbocycles. The zero-order valence-electron chi connectivity index (χ0n) is 12.1. The zero-order valence-corrected chi connectivity index (χ0v) is 12.9. The van der Waals surface area contributed by atoms with Gasteiger partial charge in [-0.25, -0.2) is 0 Å². The summed E-state index contributed by atoms with van der Waals surface area (Å²) in [5.74, 6) is -0.0826. The van der Waals surface area contributed by atoms with E-state index in [0.29, 0.717) is 6.42 Å². The Morgan fingerprint density at radius 1 is 0.900 bits per heavy atom. The van der Waals surface area contributed by atoms with E-state index in [-0.39, 0.29) is 10.5 Å². The summed E-state index contributed by atoms with van der Waals surface area (Å²) in [6, 6.07) is 5.72. The fourth-order valence-electron chi connectivity index (χ4n) is 1.55. The maximum atomic E-state index is 10.3. The summed E-state index contributed by atoms with van der Waals surface area (Å²) in [6.07, 6.45) is 11.0. The number of rotatable bonds is 8. The van der Waals surface area contributed by atoms with Gasteiger partial charge in [0.2, 0.25) is 0 Å². The van der Waals surface area contributed by atoms with Crippen molar-refractivity contribution in [2.75, 3.05) is 5.75 Å². The maximum absolute atomic E-state index is 10.3. The second-order valence-electron chi connectivity index (χ2n) is 4.43. The van der Waals surface area contributed by atoms with Crippen LogP contribution in [0, 0.1) is 0 Å². The fourth-order valence-corrected chi connectivity index (χ4v) is 2.12. The van der Waals surface area contributed by atoms with Gasteiger partial charge in [-0.1, -0.05) is 51.5 Å². The molecule has 1 heterocycles. The Morgan fingerprint density at radius 3 is 1.75 bits per heavy atom. The number of hydrogen-bond acceptors (Lipinski definition) is 3. The molecule has 6 heteroatoms. The predicted molar refractivity (Wildman–Crippen MR) is 81.1 cm³/mol. The first kappa shape index (κ1) is 21.3. The zero-order chi connectivity index (χ0) is 14.4. The van der Waals surface area contributed by atoms with Gasteiger partial charge < -0.3 is 0 Å². The number of unbranched alkanes of at least 4 members (excludes halogenated alkanes) is 6. The Kier molecular flexibility index (Phi) is 15.3. The Labute approximate surface area is 121 Å². The standard InChI is InChI=1S/C9H20O3S.C5H5N.FH/c1-2-3-4-5-6-7-8-9-13(10,11)12;1-2-4-6-5-3-1;/h2-9H2,1H3,(H,10,11,12);1-5H;1H. The largest absolute Gasteiger partial charge is 0.286 e. The molecule has 0 fully saturated rings. The molecule has 0 bridgehead atoms. The Bertz CT molecular complexity index is 358. The van der Waals surface area contributed by atoms with E-state index in [0.717, 1.165) is 12.8 Å². The smallest absolute Gasteiger partial charge is 0.264 e. The Hall–Kier alpha value is -1.01. The van der Waals surface area contributed by atoms with Crippen molar-refractivity contribution in [1.29, 1.82) is 0 Å². The van der Waals surface area contributed by atoms with Gasteiger partial charge in [0.15, 0.2) is 0 Å². The van der Waals surface area contributed by atoms with Gasteiger partial charge in [-0.2, -0.15) is 8.42 Å². The third kappa shape index (κ3) is 19.3. The molecule has 0 aliphatic carbocycles. The van der Waals surface area contributed by atoms with E-state index in [1.807, 2.05) is 18.2 Å². The fraction of sp³-hybridized carbons (Fsp3) is 0.643. The van der Waals surface area contributed by atoms with Crippen LogP contribution in [0.2, 0.25) is 0 Å². The Balaban J connectivity index is 0. The molecule has 0 spiro atoms. The van der Waals surface area contributed by atoms with Crippen LogP contribution in [0.4, 0.5) is 4.70 Å². The van der Waals surface area contributed by atoms with Gasteiger partial charge in [-0.15, -0.1) is 0 Å². The highest BCUT2D eigenvalue weighted by atomic mass is 32.2. The van der Waals surface area contributed by atoms with Crippen molar-refractivity contribution in [2.24, 2.45) is 0 Å². The van der Waals surface area contributed by atoms with Crippen molar-refractivity contribution in [3.05, 3.63) is 30.6 Å². The van der Waals surface area contributed by atoms with Crippen LogP contribution < -0.4 is 0 Å². The van der Waals surface area contributed by atoms with Gasteiger partial charge in [-0.05, 0) is 18.6 Å². The summed E-state index contributed by atoms with van der Waals surface area (Å²) in [5, 5.41) is 0. The number of nitrogens with zero attached hydrogens (tertiary/aromatic N) is 1. The van der Waals surface area contributed by atoms with Gasteiger partial charge in [0.25, 0.3) is 10.1 Å². The molecule has 0 saturated carbocycles. The van der Waals surface area contributed by atoms with Crippen LogP contribution >= 0.6 is 0 Å². The predicted octanol–water partition coefficient (Wildman–Crippen LogP) is 3.86. The van der Waals surface area contributed by atoms with Gasteiger partial charge in [-0.3, -0.25) is 14.2 Å². The molecule has 0 amide bonds. The molecule has 1 aromatic rings. The van der Waals surface area contributed by atoms with Crippen LogP contribution in [0.3, 0.4) is 0 Å². The van der Waals surface area contributed by atoms with Gasteiger partial charge >= 0.3 is 0 Å². The lowest BCUT2D eigenvalue weighted by atomic mass is 10.1. The SMILES string of the molecule is CCCCCCCCCS(=O)(=O)O.F.c1ccncc1. The summed E-state index contributed by atoms with van der Waals surface area (Å²) in [4.78, 5) is 3.78. The summed E-state index contributed by atoms with van der Waals surface area (Å²) in [5.41, 5.74) is 0. The molecule has 0 atom stereocenters. The molecule has 0 radical (unpaired) electrons. The first-order valence-corrected chi connectivity index (χ1v) is 8.47. The van der Waals surface area contributed by atoms with Gasteiger partial charge in [0.1, 0.15) is 0 Å². The van der Waals surface area contributed by atoms with Crippen molar-refractivity contribution < 1.29 is 17.7 Å². The average molecular weight is 307 g/mol. The van der Waals surface area contributed by atoms with Crippen LogP contribution in [-0.2, 0) is 10.1 Å². The molecule has 1 rings (SSSR count). The summed E-state index contributed by atoms with van der Waals surface area (Å²) in [7, 11) is -3.72. The highest BCUT2D eigenvalue weighted by Gasteiger charge is 2.02. The normalized spacial score (nSPS) is 10.1. The first-order valence-electron chi connectivity index (χ1n) is 6.86. The molecule has 1 N–H and O–H groups in total. The van der Waals surface area contributed by atoms with Crippen LogP contribution in [0.25, 0.3) is 0 Å². The van der Waals surface area contributed by atoms with E-state index < -0.39 is 10.1 Å². The molecule has 0 unspecified atom stereocenters. The lowest BCUT2D eigenvalue weighted by molar-refractivity contribution is 0.478. The second-order valence-corrected chi connectivity index (χ2v) is 6.00. The maximum Gasteiger partial charge on any atom is 0.264 e. The number of pyridine rings is 1. The number of aromatic nitrogens is 1. The average Bonchev–Trinajstić information content (AvgIpc) is 2.39. The summed E-state index contributed by atoms with van der Waals surface area (Å²) < 4.78 is 29.1. The van der Waals surface area contributed by atoms with E-state index >= 15 is 0 Å². The molecular formula is C14H26FNO3S. The molecule has 1 aromatic heterocycles. The van der Waals surface area contributed by atoms with Crippen LogP contribution in [0.15, 0.2) is 30.6 Å². The van der Waals surface area contributed by atoms with Crippen LogP contribution in [0.1, 0.15) is 51.9 Å². The van der Waals surface area contributed by atoms with E-state index in [1.54, 1.807) is 12.4 Å². The molecule has 4 nitrogen and oxygen atoms in total. The molecule has 20 heavy (non-hydrogen) atoms.